The lowest BCUT2D eigenvalue weighted by Gasteiger charge is -2.43. The first kappa shape index (κ1) is 14.5. The molecule has 0 aromatic heterocycles. The van der Waals surface area contributed by atoms with Crippen molar-refractivity contribution in [3.8, 4) is 0 Å². The summed E-state index contributed by atoms with van der Waals surface area (Å²) in [7, 11) is 2.16. The van der Waals surface area contributed by atoms with Gasteiger partial charge in [-0.15, -0.1) is 0 Å². The van der Waals surface area contributed by atoms with E-state index in [4.69, 9.17) is 5.11 Å². The molecular weight excluding hydrogens is 216 g/mol. The van der Waals surface area contributed by atoms with Crippen LogP contribution in [0.5, 0.6) is 0 Å². The molecule has 1 N–H and O–H groups in total. The molecule has 0 aromatic rings. The van der Waals surface area contributed by atoms with Crippen LogP contribution in [-0.2, 0) is 4.79 Å². The van der Waals surface area contributed by atoms with E-state index in [1.807, 2.05) is 0 Å². The highest BCUT2D eigenvalue weighted by molar-refractivity contribution is 5.73. The molecule has 0 bridgehead atoms. The molecule has 4 heteroatoms. The Balaban J connectivity index is 2.46. The van der Waals surface area contributed by atoms with Crippen LogP contribution in [0.25, 0.3) is 0 Å². The lowest BCUT2D eigenvalue weighted by molar-refractivity contribution is -0.147. The molecule has 0 aliphatic carbocycles. The van der Waals surface area contributed by atoms with Gasteiger partial charge in [-0.1, -0.05) is 0 Å². The zero-order chi connectivity index (χ0) is 13.2. The van der Waals surface area contributed by atoms with Gasteiger partial charge in [0.2, 0.25) is 0 Å². The van der Waals surface area contributed by atoms with Gasteiger partial charge in [0.05, 0.1) is 5.41 Å². The van der Waals surface area contributed by atoms with Crippen LogP contribution in [0.1, 0.15) is 34.1 Å². The van der Waals surface area contributed by atoms with Gasteiger partial charge in [-0.05, 0) is 47.7 Å². The average Bonchev–Trinajstić information content (AvgIpc) is 2.22. The molecule has 0 radical (unpaired) electrons. The van der Waals surface area contributed by atoms with Crippen LogP contribution in [0, 0.1) is 5.41 Å². The third-order valence-corrected chi connectivity index (χ3v) is 4.07. The highest BCUT2D eigenvalue weighted by Gasteiger charge is 2.30. The zero-order valence-corrected chi connectivity index (χ0v) is 11.7. The zero-order valence-electron chi connectivity index (χ0n) is 11.7. The molecule has 1 saturated heterocycles. The third-order valence-electron chi connectivity index (χ3n) is 4.07. The molecule has 0 saturated carbocycles. The molecule has 4 nitrogen and oxygen atoms in total. The van der Waals surface area contributed by atoms with E-state index in [-0.39, 0.29) is 0 Å². The summed E-state index contributed by atoms with van der Waals surface area (Å²) in [5, 5.41) is 9.09. The maximum Gasteiger partial charge on any atom is 0.309 e. The van der Waals surface area contributed by atoms with Crippen LogP contribution in [0.4, 0.5) is 0 Å². The molecule has 2 unspecified atom stereocenters. The van der Waals surface area contributed by atoms with E-state index >= 15 is 0 Å². The molecule has 0 spiro atoms. The van der Waals surface area contributed by atoms with Crippen molar-refractivity contribution >= 4 is 5.97 Å². The normalized spacial score (nSPS) is 28.3. The molecular formula is C13H26N2O2. The van der Waals surface area contributed by atoms with Crippen LogP contribution >= 0.6 is 0 Å². The molecule has 17 heavy (non-hydrogen) atoms. The van der Waals surface area contributed by atoms with Crippen molar-refractivity contribution in [2.24, 2.45) is 5.41 Å². The standard InChI is InChI=1S/C13H26N2O2/c1-10-8-15(9-11(2)14(10)5)7-6-13(3,4)12(16)17/h10-11H,6-9H2,1-5H3,(H,16,17). The highest BCUT2D eigenvalue weighted by atomic mass is 16.4. The number of carbonyl (C=O) groups is 1. The largest absolute Gasteiger partial charge is 0.481 e. The number of carboxylic acids is 1. The Labute approximate surface area is 105 Å². The van der Waals surface area contributed by atoms with Gasteiger partial charge in [-0.3, -0.25) is 9.69 Å². The molecule has 100 valence electrons. The number of piperazine rings is 1. The molecule has 1 aliphatic rings. The van der Waals surface area contributed by atoms with Crippen LogP contribution in [0.2, 0.25) is 0 Å². The monoisotopic (exact) mass is 242 g/mol. The van der Waals surface area contributed by atoms with Gasteiger partial charge in [0, 0.05) is 25.2 Å². The van der Waals surface area contributed by atoms with Gasteiger partial charge in [0.15, 0.2) is 0 Å². The van der Waals surface area contributed by atoms with E-state index in [1.54, 1.807) is 13.8 Å². The number of hydrogen-bond donors (Lipinski definition) is 1. The fourth-order valence-corrected chi connectivity index (χ4v) is 2.24. The average molecular weight is 242 g/mol. The van der Waals surface area contributed by atoms with Crippen LogP contribution < -0.4 is 0 Å². The van der Waals surface area contributed by atoms with Gasteiger partial charge in [0.25, 0.3) is 0 Å². The van der Waals surface area contributed by atoms with Gasteiger partial charge in [-0.25, -0.2) is 0 Å². The van der Waals surface area contributed by atoms with Crippen molar-refractivity contribution in [3.05, 3.63) is 0 Å². The van der Waals surface area contributed by atoms with Gasteiger partial charge < -0.3 is 10.0 Å². The fraction of sp³-hybridized carbons (Fsp3) is 0.923. The Bertz CT molecular complexity index is 267. The Kier molecular flexibility index (Phi) is 4.55. The minimum Gasteiger partial charge on any atom is -0.481 e. The van der Waals surface area contributed by atoms with E-state index < -0.39 is 11.4 Å². The molecule has 1 aliphatic heterocycles. The first-order valence-corrected chi connectivity index (χ1v) is 6.41. The van der Waals surface area contributed by atoms with Crippen LogP contribution in [0.15, 0.2) is 0 Å². The number of carboxylic acid groups (broad SMARTS) is 1. The van der Waals surface area contributed by atoms with Crippen molar-refractivity contribution < 1.29 is 9.90 Å². The second-order valence-electron chi connectivity index (χ2n) is 6.06. The summed E-state index contributed by atoms with van der Waals surface area (Å²) >= 11 is 0. The minimum absolute atomic E-state index is 0.548. The number of nitrogens with zero attached hydrogens (tertiary/aromatic N) is 2. The van der Waals surface area contributed by atoms with E-state index in [2.05, 4.69) is 30.7 Å². The topological polar surface area (TPSA) is 43.8 Å². The first-order valence-electron chi connectivity index (χ1n) is 6.41. The lowest BCUT2D eigenvalue weighted by Crippen LogP contribution is -2.55. The van der Waals surface area contributed by atoms with Gasteiger partial charge in [-0.2, -0.15) is 0 Å². The fourth-order valence-electron chi connectivity index (χ4n) is 2.24. The predicted molar refractivity (Wildman–Crippen MR) is 69.2 cm³/mol. The van der Waals surface area contributed by atoms with Gasteiger partial charge in [0.1, 0.15) is 0 Å². The molecule has 0 amide bonds. The van der Waals surface area contributed by atoms with E-state index in [1.165, 1.54) is 0 Å². The summed E-state index contributed by atoms with van der Waals surface area (Å²) in [6, 6.07) is 1.10. The Morgan fingerprint density at radius 1 is 1.29 bits per heavy atom. The van der Waals surface area contributed by atoms with E-state index in [0.717, 1.165) is 19.6 Å². The molecule has 0 aromatic carbocycles. The summed E-state index contributed by atoms with van der Waals surface area (Å²) in [4.78, 5) is 15.8. The van der Waals surface area contributed by atoms with Crippen LogP contribution in [0.3, 0.4) is 0 Å². The van der Waals surface area contributed by atoms with Crippen molar-refractivity contribution in [2.45, 2.75) is 46.2 Å². The maximum atomic E-state index is 11.0. The van der Waals surface area contributed by atoms with Crippen molar-refractivity contribution in [1.29, 1.82) is 0 Å². The lowest BCUT2D eigenvalue weighted by atomic mass is 9.89. The maximum absolute atomic E-state index is 11.0. The summed E-state index contributed by atoms with van der Waals surface area (Å²) in [5.74, 6) is -0.701. The van der Waals surface area contributed by atoms with Crippen molar-refractivity contribution in [1.82, 2.24) is 9.80 Å². The highest BCUT2D eigenvalue weighted by Crippen LogP contribution is 2.22. The van der Waals surface area contributed by atoms with Crippen molar-refractivity contribution in [3.63, 3.8) is 0 Å². The number of rotatable bonds is 4. The molecule has 1 heterocycles. The number of aliphatic carboxylic acids is 1. The quantitative estimate of drug-likeness (QED) is 0.811. The Morgan fingerprint density at radius 3 is 2.18 bits per heavy atom. The summed E-state index contributed by atoms with van der Waals surface area (Å²) in [5.41, 5.74) is -0.615. The van der Waals surface area contributed by atoms with Crippen molar-refractivity contribution in [2.75, 3.05) is 26.7 Å². The third kappa shape index (κ3) is 3.68. The SMILES string of the molecule is CC1CN(CCC(C)(C)C(=O)O)CC(C)N1C. The Hall–Kier alpha value is -0.610. The van der Waals surface area contributed by atoms with E-state index in [9.17, 15) is 4.79 Å². The smallest absolute Gasteiger partial charge is 0.309 e. The van der Waals surface area contributed by atoms with Gasteiger partial charge >= 0.3 is 5.97 Å². The minimum atomic E-state index is -0.701. The summed E-state index contributed by atoms with van der Waals surface area (Å²) < 4.78 is 0. The van der Waals surface area contributed by atoms with Crippen LogP contribution in [-0.4, -0.2) is 59.6 Å². The first-order chi connectivity index (χ1) is 7.74. The van der Waals surface area contributed by atoms with E-state index in [0.29, 0.717) is 18.5 Å². The number of likely N-dealkylation sites (N-methyl/N-ethyl adjacent to an activating group) is 1. The molecule has 2 atom stereocenters. The second kappa shape index (κ2) is 5.36. The summed E-state index contributed by atoms with van der Waals surface area (Å²) in [6.45, 7) is 11.0. The summed E-state index contributed by atoms with van der Waals surface area (Å²) in [6.07, 6.45) is 0.714. The molecule has 1 rings (SSSR count). The second-order valence-corrected chi connectivity index (χ2v) is 6.06. The Morgan fingerprint density at radius 2 is 1.76 bits per heavy atom. The predicted octanol–water partition coefficient (Wildman–Crippen LogP) is 1.51. The molecule has 1 fully saturated rings. The number of hydrogen-bond acceptors (Lipinski definition) is 3.